The molecule has 3 N–H and O–H groups in total. The highest BCUT2D eigenvalue weighted by molar-refractivity contribution is 5.91. The summed E-state index contributed by atoms with van der Waals surface area (Å²) in [4.78, 5) is 34.8. The van der Waals surface area contributed by atoms with E-state index in [-0.39, 0.29) is 30.8 Å². The molecule has 0 radical (unpaired) electrons. The smallest absolute Gasteiger partial charge is 0.327 e. The minimum atomic E-state index is -1.14. The average Bonchev–Trinajstić information content (AvgIpc) is 2.93. The van der Waals surface area contributed by atoms with Crippen LogP contribution in [0.15, 0.2) is 42.5 Å². The van der Waals surface area contributed by atoms with Gasteiger partial charge >= 0.3 is 5.97 Å². The number of ketones is 2. The Bertz CT molecular complexity index is 728. The fourth-order valence-corrected chi connectivity index (χ4v) is 3.68. The molecule has 158 valence electrons. The van der Waals surface area contributed by atoms with Crippen LogP contribution < -0.4 is 4.74 Å². The van der Waals surface area contributed by atoms with Gasteiger partial charge in [0.15, 0.2) is 0 Å². The van der Waals surface area contributed by atoms with Gasteiger partial charge in [-0.05, 0) is 37.8 Å². The number of para-hydroxylation sites is 1. The van der Waals surface area contributed by atoms with Gasteiger partial charge in [-0.1, -0.05) is 24.3 Å². The Balaban J connectivity index is 1.88. The predicted molar refractivity (Wildman–Crippen MR) is 105 cm³/mol. The minimum absolute atomic E-state index is 0.000255. The van der Waals surface area contributed by atoms with Gasteiger partial charge in [0.05, 0.1) is 12.2 Å². The quantitative estimate of drug-likeness (QED) is 0.483. The Hall–Kier alpha value is -2.51. The highest BCUT2D eigenvalue weighted by Crippen LogP contribution is 2.36. The number of hydrogen-bond acceptors (Lipinski definition) is 6. The molecule has 5 atom stereocenters. The number of carbonyl (C=O) groups excluding carboxylic acids is 2. The number of benzene rings is 1. The Morgan fingerprint density at radius 3 is 2.62 bits per heavy atom. The fourth-order valence-electron chi connectivity index (χ4n) is 3.68. The first-order valence-corrected chi connectivity index (χ1v) is 9.79. The van der Waals surface area contributed by atoms with E-state index in [1.807, 2.05) is 18.2 Å². The van der Waals surface area contributed by atoms with Crippen molar-refractivity contribution in [3.8, 4) is 5.75 Å². The van der Waals surface area contributed by atoms with Crippen molar-refractivity contribution < 1.29 is 34.4 Å². The summed E-state index contributed by atoms with van der Waals surface area (Å²) >= 11 is 0. The summed E-state index contributed by atoms with van der Waals surface area (Å²) in [5.74, 6) is -1.92. The third-order valence-corrected chi connectivity index (χ3v) is 5.29. The molecule has 1 saturated carbocycles. The highest BCUT2D eigenvalue weighted by Gasteiger charge is 2.42. The number of carbonyl (C=O) groups is 3. The number of carboxylic acid groups (broad SMARTS) is 1. The molecule has 0 heterocycles. The molecular formula is C22H28O7. The fraction of sp³-hybridized carbons (Fsp3) is 0.500. The van der Waals surface area contributed by atoms with Crippen LogP contribution in [-0.2, 0) is 14.4 Å². The van der Waals surface area contributed by atoms with Crippen LogP contribution >= 0.6 is 0 Å². The summed E-state index contributed by atoms with van der Waals surface area (Å²) in [6.45, 7) is 1.75. The Labute approximate surface area is 170 Å². The van der Waals surface area contributed by atoms with Gasteiger partial charge in [0.1, 0.15) is 23.4 Å². The van der Waals surface area contributed by atoms with Crippen LogP contribution in [0.25, 0.3) is 0 Å². The zero-order chi connectivity index (χ0) is 21.4. The maximum atomic E-state index is 12.2. The molecule has 0 aromatic heterocycles. The summed E-state index contributed by atoms with van der Waals surface area (Å²) in [5.41, 5.74) is 0. The lowest BCUT2D eigenvalue weighted by Gasteiger charge is -2.25. The van der Waals surface area contributed by atoms with Crippen molar-refractivity contribution in [2.75, 3.05) is 0 Å². The van der Waals surface area contributed by atoms with Gasteiger partial charge in [0.2, 0.25) is 0 Å². The van der Waals surface area contributed by atoms with Crippen LogP contribution in [0.2, 0.25) is 0 Å². The number of carboxylic acids is 1. The van der Waals surface area contributed by atoms with Crippen LogP contribution in [0, 0.1) is 11.8 Å². The van der Waals surface area contributed by atoms with Crippen molar-refractivity contribution in [2.24, 2.45) is 11.8 Å². The van der Waals surface area contributed by atoms with Crippen LogP contribution in [0.5, 0.6) is 5.75 Å². The second-order valence-corrected chi connectivity index (χ2v) is 7.48. The first-order chi connectivity index (χ1) is 13.8. The number of hydrogen-bond donors (Lipinski definition) is 3. The molecule has 1 aromatic carbocycles. The van der Waals surface area contributed by atoms with E-state index >= 15 is 0 Å². The zero-order valence-electron chi connectivity index (χ0n) is 16.4. The Kier molecular flexibility index (Phi) is 8.54. The average molecular weight is 404 g/mol. The lowest BCUT2D eigenvalue weighted by molar-refractivity contribution is -0.131. The molecule has 0 aliphatic heterocycles. The molecule has 29 heavy (non-hydrogen) atoms. The molecule has 0 amide bonds. The maximum absolute atomic E-state index is 12.2. The van der Waals surface area contributed by atoms with Crippen molar-refractivity contribution in [1.29, 1.82) is 0 Å². The number of aliphatic hydroxyl groups excluding tert-OH is 2. The number of Topliss-reactive ketones (excluding diaryl/α,β-unsaturated/α-hetero) is 2. The van der Waals surface area contributed by atoms with Crippen molar-refractivity contribution in [3.05, 3.63) is 42.5 Å². The molecule has 1 aliphatic carbocycles. The molecule has 3 unspecified atom stereocenters. The van der Waals surface area contributed by atoms with E-state index in [1.165, 1.54) is 6.08 Å². The van der Waals surface area contributed by atoms with Crippen LogP contribution in [-0.4, -0.2) is 51.2 Å². The van der Waals surface area contributed by atoms with E-state index in [0.29, 0.717) is 18.6 Å². The first kappa shape index (κ1) is 22.8. The van der Waals surface area contributed by atoms with Crippen LogP contribution in [0.3, 0.4) is 0 Å². The van der Waals surface area contributed by atoms with Crippen molar-refractivity contribution >= 4 is 17.5 Å². The highest BCUT2D eigenvalue weighted by atomic mass is 16.5. The lowest BCUT2D eigenvalue weighted by Crippen LogP contribution is -2.31. The summed E-state index contributed by atoms with van der Waals surface area (Å²) in [5, 5.41) is 29.2. The molecule has 1 aliphatic rings. The zero-order valence-corrected chi connectivity index (χ0v) is 16.4. The van der Waals surface area contributed by atoms with Gasteiger partial charge in [-0.25, -0.2) is 4.79 Å². The summed E-state index contributed by atoms with van der Waals surface area (Å²) in [6.07, 6.45) is 0.673. The number of aliphatic hydroxyl groups is 2. The standard InChI is InChI=1S/C22H28O7/c1-14(29-16-7-3-2-4-8-16)19(24)11-10-17-18(21(26)13-20(17)25)12-15(23)6-5-9-22(27)28/h2-5,7-9,14,17-20,24-25H,6,10-13H2,1H3,(H,27,28)/t14?,17-,18-,19?,20?/m1/s1. The molecule has 7 heteroatoms. The van der Waals surface area contributed by atoms with E-state index < -0.39 is 36.1 Å². The molecular weight excluding hydrogens is 376 g/mol. The molecule has 0 saturated heterocycles. The van der Waals surface area contributed by atoms with Crippen LogP contribution in [0.4, 0.5) is 0 Å². The van der Waals surface area contributed by atoms with Gasteiger partial charge in [-0.3, -0.25) is 9.59 Å². The number of rotatable bonds is 11. The van der Waals surface area contributed by atoms with Gasteiger partial charge in [0, 0.05) is 31.3 Å². The van der Waals surface area contributed by atoms with Gasteiger partial charge in [-0.2, -0.15) is 0 Å². The van der Waals surface area contributed by atoms with Gasteiger partial charge in [-0.15, -0.1) is 0 Å². The second-order valence-electron chi connectivity index (χ2n) is 7.48. The third-order valence-electron chi connectivity index (χ3n) is 5.29. The molecule has 7 nitrogen and oxygen atoms in total. The Morgan fingerprint density at radius 1 is 1.28 bits per heavy atom. The number of aliphatic carboxylic acids is 1. The molecule has 0 bridgehead atoms. The summed E-state index contributed by atoms with van der Waals surface area (Å²) in [7, 11) is 0. The Morgan fingerprint density at radius 2 is 1.97 bits per heavy atom. The van der Waals surface area contributed by atoms with Crippen molar-refractivity contribution in [2.45, 2.75) is 57.3 Å². The monoisotopic (exact) mass is 404 g/mol. The van der Waals surface area contributed by atoms with Gasteiger partial charge < -0.3 is 20.1 Å². The van der Waals surface area contributed by atoms with E-state index in [2.05, 4.69) is 0 Å². The summed E-state index contributed by atoms with van der Waals surface area (Å²) < 4.78 is 5.71. The largest absolute Gasteiger partial charge is 0.488 e. The van der Waals surface area contributed by atoms with Crippen molar-refractivity contribution in [3.63, 3.8) is 0 Å². The maximum Gasteiger partial charge on any atom is 0.327 e. The third kappa shape index (κ3) is 7.11. The van der Waals surface area contributed by atoms with E-state index in [0.717, 1.165) is 6.08 Å². The molecule has 1 fully saturated rings. The van der Waals surface area contributed by atoms with Crippen LogP contribution in [0.1, 0.15) is 39.0 Å². The second kappa shape index (κ2) is 10.9. The number of allylic oxidation sites excluding steroid dienone is 1. The summed E-state index contributed by atoms with van der Waals surface area (Å²) in [6, 6.07) is 9.13. The topological polar surface area (TPSA) is 121 Å². The first-order valence-electron chi connectivity index (χ1n) is 9.79. The normalized spacial score (nSPS) is 23.8. The van der Waals surface area contributed by atoms with Gasteiger partial charge in [0.25, 0.3) is 0 Å². The molecule has 2 rings (SSSR count). The molecule has 1 aromatic rings. The molecule has 0 spiro atoms. The van der Waals surface area contributed by atoms with Crippen molar-refractivity contribution in [1.82, 2.24) is 0 Å². The van der Waals surface area contributed by atoms with E-state index in [1.54, 1.807) is 19.1 Å². The minimum Gasteiger partial charge on any atom is -0.488 e. The van der Waals surface area contributed by atoms with E-state index in [4.69, 9.17) is 9.84 Å². The predicted octanol–water partition coefficient (Wildman–Crippen LogP) is 2.15. The lowest BCUT2D eigenvalue weighted by atomic mass is 9.85. The number of ether oxygens (including phenoxy) is 1. The SMILES string of the molecule is CC(Oc1ccccc1)C(O)CC[C@H]1C(O)CC(=O)[C@@H]1CC(=O)CC=CC(=O)O. The van der Waals surface area contributed by atoms with E-state index in [9.17, 15) is 24.6 Å².